The average Bonchev–Trinajstić information content (AvgIpc) is 2.59. The number of anilines is 1. The van der Waals surface area contributed by atoms with E-state index in [4.69, 9.17) is 10.3 Å². The zero-order valence-electron chi connectivity index (χ0n) is 14.8. The van der Waals surface area contributed by atoms with Crippen molar-refractivity contribution in [1.82, 2.24) is 0 Å². The van der Waals surface area contributed by atoms with E-state index < -0.39 is 38.2 Å². The van der Waals surface area contributed by atoms with Crippen molar-refractivity contribution in [2.24, 2.45) is 10.2 Å². The third-order valence-electron chi connectivity index (χ3n) is 3.82. The maximum atomic E-state index is 13.1. The van der Waals surface area contributed by atoms with Crippen molar-refractivity contribution < 1.29 is 82.6 Å². The van der Waals surface area contributed by atoms with E-state index in [9.17, 15) is 26.7 Å². The summed E-state index contributed by atoms with van der Waals surface area (Å²) in [7, 11) is -4.63. The molecule has 0 heterocycles. The number of benzene rings is 3. The first-order chi connectivity index (χ1) is 13.0. The Kier molecular flexibility index (Phi) is 7.10. The largest absolute Gasteiger partial charge is 1.00 e. The van der Waals surface area contributed by atoms with Gasteiger partial charge < -0.3 is 10.8 Å². The van der Waals surface area contributed by atoms with Crippen LogP contribution in [0.25, 0.3) is 10.8 Å². The van der Waals surface area contributed by atoms with E-state index in [0.717, 1.165) is 18.2 Å². The number of rotatable bonds is 3. The van der Waals surface area contributed by atoms with E-state index >= 15 is 0 Å². The molecule has 3 aromatic carbocycles. The zero-order valence-corrected chi connectivity index (χ0v) is 18.7. The van der Waals surface area contributed by atoms with Gasteiger partial charge in [-0.2, -0.15) is 21.6 Å². The minimum Gasteiger partial charge on any atom is -0.872 e. The van der Waals surface area contributed by atoms with Crippen LogP contribution in [0.1, 0.15) is 5.56 Å². The van der Waals surface area contributed by atoms with E-state index in [2.05, 4.69) is 10.2 Å². The number of nitrogens with zero attached hydrogens (tertiary/aromatic N) is 2. The van der Waals surface area contributed by atoms with Crippen molar-refractivity contribution >= 4 is 38.0 Å². The van der Waals surface area contributed by atoms with Crippen LogP contribution in [0.4, 0.5) is 30.2 Å². The van der Waals surface area contributed by atoms with Crippen LogP contribution in [0, 0.1) is 0 Å². The number of azo groups is 1. The number of halogens is 3. The van der Waals surface area contributed by atoms with Crippen LogP contribution in [-0.2, 0) is 16.3 Å². The molecule has 3 rings (SSSR count). The first kappa shape index (κ1) is 23.7. The molecule has 7 nitrogen and oxygen atoms in total. The molecule has 0 aliphatic heterocycles. The molecule has 12 heteroatoms. The summed E-state index contributed by atoms with van der Waals surface area (Å²) in [6, 6.07) is 8.77. The summed E-state index contributed by atoms with van der Waals surface area (Å²) in [5, 5.41) is 19.6. The molecule has 0 saturated carbocycles. The third-order valence-corrected chi connectivity index (χ3v) is 4.66. The summed E-state index contributed by atoms with van der Waals surface area (Å²) < 4.78 is 70.9. The molecule has 0 aliphatic carbocycles. The number of hydrogen-bond donors (Lipinski definition) is 2. The fourth-order valence-corrected chi connectivity index (χ4v) is 3.09. The summed E-state index contributed by atoms with van der Waals surface area (Å²) in [6.45, 7) is 0. The van der Waals surface area contributed by atoms with Gasteiger partial charge in [-0.25, -0.2) is 0 Å². The maximum Gasteiger partial charge on any atom is 1.00 e. The number of nitrogens with two attached hydrogens (primary N) is 1. The SMILES string of the molecule is Nc1ccc2cc(S(=O)(=O)O)cc([O-])c2c1N=Nc1ccccc1C(F)(F)F.[K+]. The molecule has 0 bridgehead atoms. The number of nitrogen functional groups attached to an aromatic ring is 1. The van der Waals surface area contributed by atoms with Gasteiger partial charge in [-0.1, -0.05) is 23.9 Å². The van der Waals surface area contributed by atoms with E-state index in [-0.39, 0.29) is 73.5 Å². The fraction of sp³-hybridized carbons (Fsp3) is 0.0588. The predicted molar refractivity (Wildman–Crippen MR) is 93.2 cm³/mol. The Balaban J connectivity index is 0.00000300. The van der Waals surface area contributed by atoms with Gasteiger partial charge in [-0.3, -0.25) is 4.55 Å². The second kappa shape index (κ2) is 8.67. The van der Waals surface area contributed by atoms with Gasteiger partial charge in [0.15, 0.2) is 0 Å². The van der Waals surface area contributed by atoms with Crippen molar-refractivity contribution in [2.75, 3.05) is 5.73 Å². The van der Waals surface area contributed by atoms with E-state index in [0.29, 0.717) is 6.07 Å². The quantitative estimate of drug-likeness (QED) is 0.269. The number of alkyl halides is 3. The molecule has 3 N–H and O–H groups in total. The van der Waals surface area contributed by atoms with Crippen molar-refractivity contribution in [1.29, 1.82) is 0 Å². The predicted octanol–water partition coefficient (Wildman–Crippen LogP) is 1.18. The molecule has 0 unspecified atom stereocenters. The van der Waals surface area contributed by atoms with Gasteiger partial charge >= 0.3 is 57.6 Å². The summed E-state index contributed by atoms with van der Waals surface area (Å²) in [6.07, 6.45) is -4.66. The van der Waals surface area contributed by atoms with Crippen molar-refractivity contribution in [3.8, 4) is 5.75 Å². The number of hydrogen-bond acceptors (Lipinski definition) is 6. The average molecular weight is 449 g/mol. The van der Waals surface area contributed by atoms with Crippen LogP contribution in [0.3, 0.4) is 0 Å². The minimum atomic E-state index is -4.66. The summed E-state index contributed by atoms with van der Waals surface area (Å²) in [4.78, 5) is -0.625. The van der Waals surface area contributed by atoms with Crippen LogP contribution in [0.15, 0.2) is 63.7 Å². The number of fused-ring (bicyclic) bond motifs is 1. The molecular formula is C17H11F3KN3O4S. The zero-order chi connectivity index (χ0) is 20.7. The topological polar surface area (TPSA) is 128 Å². The van der Waals surface area contributed by atoms with E-state index in [1.54, 1.807) is 0 Å². The van der Waals surface area contributed by atoms with Gasteiger partial charge in [-0.05, 0) is 35.7 Å². The molecule has 0 radical (unpaired) electrons. The summed E-state index contributed by atoms with van der Waals surface area (Å²) >= 11 is 0. The molecule has 0 saturated heterocycles. The normalized spacial score (nSPS) is 12.3. The summed E-state index contributed by atoms with van der Waals surface area (Å²) in [5.74, 6) is -0.838. The molecule has 0 atom stereocenters. The second-order valence-corrected chi connectivity index (χ2v) is 7.13. The van der Waals surface area contributed by atoms with Crippen LogP contribution >= 0.6 is 0 Å². The molecule has 29 heavy (non-hydrogen) atoms. The molecule has 3 aromatic rings. The van der Waals surface area contributed by atoms with E-state index in [1.165, 1.54) is 24.3 Å². The molecule has 0 aromatic heterocycles. The monoisotopic (exact) mass is 449 g/mol. The fourth-order valence-electron chi connectivity index (χ4n) is 2.56. The van der Waals surface area contributed by atoms with Crippen molar-refractivity contribution in [3.05, 3.63) is 54.1 Å². The Labute approximate surface area is 205 Å². The Bertz CT molecular complexity index is 1210. The van der Waals surface area contributed by atoms with Crippen LogP contribution in [0.2, 0.25) is 0 Å². The van der Waals surface area contributed by atoms with Gasteiger partial charge in [0.1, 0.15) is 5.69 Å². The second-order valence-electron chi connectivity index (χ2n) is 5.71. The van der Waals surface area contributed by atoms with Crippen molar-refractivity contribution in [2.45, 2.75) is 11.1 Å². The van der Waals surface area contributed by atoms with Crippen LogP contribution in [-0.4, -0.2) is 13.0 Å². The first-order valence-electron chi connectivity index (χ1n) is 7.57. The van der Waals surface area contributed by atoms with Crippen molar-refractivity contribution in [3.63, 3.8) is 0 Å². The Morgan fingerprint density at radius 1 is 1.03 bits per heavy atom. The third kappa shape index (κ3) is 5.15. The van der Waals surface area contributed by atoms with Crippen LogP contribution in [0.5, 0.6) is 5.75 Å². The summed E-state index contributed by atoms with van der Waals surface area (Å²) in [5.41, 5.74) is 4.04. The molecule has 0 spiro atoms. The van der Waals surface area contributed by atoms with Gasteiger partial charge in [0.05, 0.1) is 21.8 Å². The molecule has 0 aliphatic rings. The Morgan fingerprint density at radius 2 is 1.69 bits per heavy atom. The first-order valence-corrected chi connectivity index (χ1v) is 9.01. The molecule has 0 amide bonds. The molecule has 0 fully saturated rings. The van der Waals surface area contributed by atoms with Gasteiger partial charge in [0, 0.05) is 5.39 Å². The molecular weight excluding hydrogens is 438 g/mol. The van der Waals surface area contributed by atoms with Crippen LogP contribution < -0.4 is 62.2 Å². The smallest absolute Gasteiger partial charge is 0.872 e. The maximum absolute atomic E-state index is 13.1. The Hall–Kier alpha value is -1.54. The molecule has 146 valence electrons. The minimum absolute atomic E-state index is 0. The standard InChI is InChI=1S/C17H12F3N3O4S.K/c18-17(19,20)11-3-1-2-4-13(11)22-23-16-12(21)6-5-9-7-10(28(25,26)27)8-14(24)15(9)16;/h1-8,24H,21H2,(H,25,26,27);/q;+1/p-1. The Morgan fingerprint density at radius 3 is 2.31 bits per heavy atom. The van der Waals surface area contributed by atoms with Gasteiger partial charge in [-0.15, -0.1) is 10.2 Å². The van der Waals surface area contributed by atoms with Gasteiger partial charge in [0.25, 0.3) is 10.1 Å². The van der Waals surface area contributed by atoms with Gasteiger partial charge in [0.2, 0.25) is 0 Å². The van der Waals surface area contributed by atoms with E-state index in [1.807, 2.05) is 0 Å².